The van der Waals surface area contributed by atoms with Gasteiger partial charge in [0.25, 0.3) is 5.92 Å². The number of likely N-dealkylation sites (tertiary alicyclic amines) is 1. The molecule has 0 bridgehead atoms. The minimum Gasteiger partial charge on any atom is -0.341 e. The van der Waals surface area contributed by atoms with Crippen LogP contribution >= 0.6 is 0 Å². The van der Waals surface area contributed by atoms with Crippen LogP contribution in [0.4, 0.5) is 8.78 Å². The predicted octanol–water partition coefficient (Wildman–Crippen LogP) is 0.839. The normalized spacial score (nSPS) is 33.9. The first-order valence-corrected chi connectivity index (χ1v) is 5.40. The fourth-order valence-corrected chi connectivity index (χ4v) is 2.76. The summed E-state index contributed by atoms with van der Waals surface area (Å²) in [5.74, 6) is -3.46. The third kappa shape index (κ3) is 1.85. The Morgan fingerprint density at radius 1 is 1.47 bits per heavy atom. The van der Waals surface area contributed by atoms with Crippen molar-refractivity contribution in [2.24, 2.45) is 17.6 Å². The Morgan fingerprint density at radius 2 is 2.20 bits per heavy atom. The van der Waals surface area contributed by atoms with Gasteiger partial charge < -0.3 is 10.6 Å². The van der Waals surface area contributed by atoms with Gasteiger partial charge in [0, 0.05) is 25.4 Å². The number of alkyl halides is 2. The minimum atomic E-state index is -2.59. The van der Waals surface area contributed by atoms with E-state index in [0.29, 0.717) is 13.0 Å². The molecule has 2 fully saturated rings. The summed E-state index contributed by atoms with van der Waals surface area (Å²) >= 11 is 0. The molecule has 5 heteroatoms. The smallest absolute Gasteiger partial charge is 0.252 e. The zero-order valence-electron chi connectivity index (χ0n) is 8.59. The standard InChI is InChI=1S/C10H16F2N2O/c11-10(12)3-1-2-7-5-14(6-8(7)10)9(15)4-13/h7-8H,1-6,13H2/t7-,8-/m0/s1. The predicted molar refractivity (Wildman–Crippen MR) is 51.4 cm³/mol. The zero-order valence-corrected chi connectivity index (χ0v) is 8.59. The summed E-state index contributed by atoms with van der Waals surface area (Å²) in [6.07, 6.45) is 1.35. The van der Waals surface area contributed by atoms with Crippen LogP contribution in [0, 0.1) is 11.8 Å². The second kappa shape index (κ2) is 3.70. The number of rotatable bonds is 1. The van der Waals surface area contributed by atoms with Crippen LogP contribution in [-0.2, 0) is 4.79 Å². The van der Waals surface area contributed by atoms with Gasteiger partial charge >= 0.3 is 0 Å². The van der Waals surface area contributed by atoms with Gasteiger partial charge in [0.15, 0.2) is 0 Å². The molecule has 3 nitrogen and oxygen atoms in total. The van der Waals surface area contributed by atoms with Crippen molar-refractivity contribution in [2.45, 2.75) is 25.2 Å². The first-order valence-electron chi connectivity index (χ1n) is 5.40. The summed E-state index contributed by atoms with van der Waals surface area (Å²) in [6, 6.07) is 0. The van der Waals surface area contributed by atoms with E-state index in [1.807, 2.05) is 0 Å². The molecule has 1 amide bonds. The lowest BCUT2D eigenvalue weighted by molar-refractivity contribution is -0.129. The van der Waals surface area contributed by atoms with Crippen molar-refractivity contribution < 1.29 is 13.6 Å². The number of carbonyl (C=O) groups is 1. The third-order valence-electron chi connectivity index (χ3n) is 3.60. The van der Waals surface area contributed by atoms with Crippen molar-refractivity contribution >= 4 is 5.91 Å². The number of fused-ring (bicyclic) bond motifs is 1. The molecule has 0 radical (unpaired) electrons. The van der Waals surface area contributed by atoms with Crippen molar-refractivity contribution in [3.63, 3.8) is 0 Å². The lowest BCUT2D eigenvalue weighted by Gasteiger charge is -2.32. The fourth-order valence-electron chi connectivity index (χ4n) is 2.76. The second-order valence-corrected chi connectivity index (χ2v) is 4.52. The van der Waals surface area contributed by atoms with Gasteiger partial charge in [-0.15, -0.1) is 0 Å². The zero-order chi connectivity index (χ0) is 11.1. The Morgan fingerprint density at radius 3 is 2.80 bits per heavy atom. The van der Waals surface area contributed by atoms with Crippen molar-refractivity contribution in [3.8, 4) is 0 Å². The summed E-state index contributed by atoms with van der Waals surface area (Å²) < 4.78 is 27.1. The van der Waals surface area contributed by atoms with Gasteiger partial charge in [-0.2, -0.15) is 0 Å². The number of nitrogens with two attached hydrogens (primary N) is 1. The molecular weight excluding hydrogens is 202 g/mol. The molecule has 2 rings (SSSR count). The minimum absolute atomic E-state index is 0.0238. The van der Waals surface area contributed by atoms with Gasteiger partial charge in [-0.25, -0.2) is 8.78 Å². The van der Waals surface area contributed by atoms with Crippen LogP contribution in [0.1, 0.15) is 19.3 Å². The van der Waals surface area contributed by atoms with Crippen molar-refractivity contribution in [3.05, 3.63) is 0 Å². The van der Waals surface area contributed by atoms with Crippen LogP contribution in [-0.4, -0.2) is 36.4 Å². The Kier molecular flexibility index (Phi) is 2.66. The number of halogens is 2. The van der Waals surface area contributed by atoms with Crippen LogP contribution in [0.2, 0.25) is 0 Å². The van der Waals surface area contributed by atoms with Gasteiger partial charge in [0.2, 0.25) is 5.91 Å². The average molecular weight is 218 g/mol. The van der Waals surface area contributed by atoms with Gasteiger partial charge in [-0.05, 0) is 18.8 Å². The molecule has 0 aromatic rings. The summed E-state index contributed by atoms with van der Waals surface area (Å²) in [5, 5.41) is 0. The average Bonchev–Trinajstić information content (AvgIpc) is 2.61. The van der Waals surface area contributed by atoms with E-state index in [2.05, 4.69) is 0 Å². The van der Waals surface area contributed by atoms with Gasteiger partial charge in [0.05, 0.1) is 6.54 Å². The highest BCUT2D eigenvalue weighted by Crippen LogP contribution is 2.45. The molecule has 15 heavy (non-hydrogen) atoms. The summed E-state index contributed by atoms with van der Waals surface area (Å²) in [5.41, 5.74) is 5.23. The van der Waals surface area contributed by atoms with E-state index in [4.69, 9.17) is 5.73 Å². The Hall–Kier alpha value is -0.710. The number of carbonyl (C=O) groups excluding carboxylic acids is 1. The molecule has 2 atom stereocenters. The molecule has 0 aromatic carbocycles. The summed E-state index contributed by atoms with van der Waals surface area (Å²) in [7, 11) is 0. The van der Waals surface area contributed by atoms with E-state index in [1.165, 1.54) is 4.90 Å². The molecule has 1 saturated carbocycles. The van der Waals surface area contributed by atoms with Crippen LogP contribution < -0.4 is 5.73 Å². The van der Waals surface area contributed by atoms with Crippen molar-refractivity contribution in [2.75, 3.05) is 19.6 Å². The fraction of sp³-hybridized carbons (Fsp3) is 0.900. The maximum Gasteiger partial charge on any atom is 0.252 e. The molecule has 86 valence electrons. The molecular formula is C10H16F2N2O. The monoisotopic (exact) mass is 218 g/mol. The first kappa shape index (κ1) is 10.8. The van der Waals surface area contributed by atoms with Gasteiger partial charge in [0.1, 0.15) is 0 Å². The topological polar surface area (TPSA) is 46.3 Å². The number of hydrogen-bond donors (Lipinski definition) is 1. The van der Waals surface area contributed by atoms with Crippen LogP contribution in [0.3, 0.4) is 0 Å². The molecule has 1 heterocycles. The van der Waals surface area contributed by atoms with Crippen LogP contribution in [0.15, 0.2) is 0 Å². The van der Waals surface area contributed by atoms with E-state index < -0.39 is 11.8 Å². The van der Waals surface area contributed by atoms with E-state index in [-0.39, 0.29) is 31.3 Å². The maximum absolute atomic E-state index is 13.5. The number of nitrogens with zero attached hydrogens (tertiary/aromatic N) is 1. The van der Waals surface area contributed by atoms with E-state index in [1.54, 1.807) is 0 Å². The highest BCUT2D eigenvalue weighted by molar-refractivity contribution is 5.78. The molecule has 1 aliphatic carbocycles. The molecule has 1 saturated heterocycles. The lowest BCUT2D eigenvalue weighted by atomic mass is 9.79. The molecule has 1 aliphatic heterocycles. The molecule has 0 spiro atoms. The number of hydrogen-bond acceptors (Lipinski definition) is 2. The Bertz CT molecular complexity index is 270. The van der Waals surface area contributed by atoms with Crippen molar-refractivity contribution in [1.82, 2.24) is 4.90 Å². The number of amides is 1. The van der Waals surface area contributed by atoms with Gasteiger partial charge in [-0.1, -0.05) is 0 Å². The van der Waals surface area contributed by atoms with E-state index in [9.17, 15) is 13.6 Å². The molecule has 2 aliphatic rings. The summed E-state index contributed by atoms with van der Waals surface area (Å²) in [6.45, 7) is 0.578. The SMILES string of the molecule is NCC(=O)N1C[C@@H]2CCCC(F)(F)[C@H]2C1. The maximum atomic E-state index is 13.5. The third-order valence-corrected chi connectivity index (χ3v) is 3.60. The quantitative estimate of drug-likeness (QED) is 0.709. The Balaban J connectivity index is 2.08. The largest absolute Gasteiger partial charge is 0.341 e. The molecule has 0 aromatic heterocycles. The summed E-state index contributed by atoms with van der Waals surface area (Å²) in [4.78, 5) is 12.8. The first-order chi connectivity index (χ1) is 7.04. The van der Waals surface area contributed by atoms with E-state index in [0.717, 1.165) is 6.42 Å². The van der Waals surface area contributed by atoms with Crippen LogP contribution in [0.25, 0.3) is 0 Å². The lowest BCUT2D eigenvalue weighted by Crippen LogP contribution is -2.38. The highest BCUT2D eigenvalue weighted by Gasteiger charge is 2.51. The second-order valence-electron chi connectivity index (χ2n) is 4.52. The van der Waals surface area contributed by atoms with Gasteiger partial charge in [-0.3, -0.25) is 4.79 Å². The van der Waals surface area contributed by atoms with Crippen LogP contribution in [0.5, 0.6) is 0 Å². The Labute approximate surface area is 87.6 Å². The highest BCUT2D eigenvalue weighted by atomic mass is 19.3. The van der Waals surface area contributed by atoms with E-state index >= 15 is 0 Å². The van der Waals surface area contributed by atoms with Crippen molar-refractivity contribution in [1.29, 1.82) is 0 Å². The molecule has 2 N–H and O–H groups in total. The molecule has 0 unspecified atom stereocenters.